The molecule has 2 aliphatic heterocycles. The molecule has 32 heavy (non-hydrogen) atoms. The second-order valence-corrected chi connectivity index (χ2v) is 9.64. The number of benzene rings is 3. The summed E-state index contributed by atoms with van der Waals surface area (Å²) in [4.78, 5) is 2.37. The van der Waals surface area contributed by atoms with Crippen molar-refractivity contribution in [2.75, 3.05) is 11.4 Å². The van der Waals surface area contributed by atoms with E-state index in [4.69, 9.17) is 0 Å². The number of anilines is 1. The zero-order valence-electron chi connectivity index (χ0n) is 17.9. The third kappa shape index (κ3) is 1.75. The molecule has 3 aromatic carbocycles. The molecule has 0 amide bonds. The molecule has 8 rings (SSSR count). The number of hydrogen-bond acceptors (Lipinski definition) is 1. The van der Waals surface area contributed by atoms with Crippen molar-refractivity contribution in [2.45, 2.75) is 24.3 Å². The summed E-state index contributed by atoms with van der Waals surface area (Å²) in [6.45, 7) is 5.09. The van der Waals surface area contributed by atoms with Crippen LogP contribution in [0.4, 0.5) is 5.69 Å². The molecule has 0 N–H and O–H groups in total. The Balaban J connectivity index is 1.57. The van der Waals surface area contributed by atoms with Gasteiger partial charge in [0.1, 0.15) is 0 Å². The Bertz CT molecular complexity index is 1500. The fraction of sp³-hybridized carbons (Fsp3) is 0.167. The van der Waals surface area contributed by atoms with E-state index in [9.17, 15) is 0 Å². The van der Waals surface area contributed by atoms with Crippen molar-refractivity contribution < 1.29 is 4.57 Å². The van der Waals surface area contributed by atoms with E-state index < -0.39 is 0 Å². The van der Waals surface area contributed by atoms with Crippen molar-refractivity contribution in [2.24, 2.45) is 0 Å². The second-order valence-electron chi connectivity index (χ2n) is 9.64. The van der Waals surface area contributed by atoms with Gasteiger partial charge in [0.15, 0.2) is 11.9 Å². The molecule has 4 aliphatic rings. The van der Waals surface area contributed by atoms with Crippen molar-refractivity contribution in [3.63, 3.8) is 0 Å². The number of nitrogens with zero attached hydrogens (tertiary/aromatic N) is 2. The molecule has 2 nitrogen and oxygen atoms in total. The van der Waals surface area contributed by atoms with Gasteiger partial charge in [0.05, 0.1) is 23.7 Å². The van der Waals surface area contributed by atoms with E-state index in [0.29, 0.717) is 5.92 Å². The van der Waals surface area contributed by atoms with Crippen LogP contribution in [0.5, 0.6) is 0 Å². The van der Waals surface area contributed by atoms with Gasteiger partial charge < -0.3 is 4.90 Å². The molecule has 2 heteroatoms. The summed E-state index contributed by atoms with van der Waals surface area (Å²) in [5.41, 5.74) is 14.4. The largest absolute Gasteiger partial charge is 0.340 e. The molecular weight excluding hydrogens is 388 g/mol. The predicted octanol–water partition coefficient (Wildman–Crippen LogP) is 5.03. The molecule has 1 aromatic heterocycles. The summed E-state index contributed by atoms with van der Waals surface area (Å²) in [5, 5.41) is 0. The molecule has 0 fully saturated rings. The van der Waals surface area contributed by atoms with Crippen LogP contribution in [0.25, 0.3) is 0 Å². The topological polar surface area (TPSA) is 7.12 Å². The summed E-state index contributed by atoms with van der Waals surface area (Å²) in [7, 11) is 0. The van der Waals surface area contributed by atoms with Gasteiger partial charge in [0.2, 0.25) is 5.54 Å². The molecule has 2 atom stereocenters. The van der Waals surface area contributed by atoms with E-state index in [0.717, 1.165) is 19.4 Å². The quantitative estimate of drug-likeness (QED) is 0.351. The molecule has 1 spiro atoms. The Kier molecular flexibility index (Phi) is 2.96. The van der Waals surface area contributed by atoms with Crippen molar-refractivity contribution in [3.8, 4) is 0 Å². The Hall–Kier alpha value is -3.65. The van der Waals surface area contributed by atoms with Gasteiger partial charge in [-0.15, -0.1) is 0 Å². The SMILES string of the molecule is C=CN1CC23c4c(cccc4C4c5ccccc5Cc5ccc[n+]2c54)Cc2cccc1c23. The molecule has 2 aliphatic carbocycles. The van der Waals surface area contributed by atoms with Gasteiger partial charge in [0, 0.05) is 23.6 Å². The highest BCUT2D eigenvalue weighted by Crippen LogP contribution is 2.56. The first kappa shape index (κ1) is 17.0. The first-order valence-electron chi connectivity index (χ1n) is 11.6. The van der Waals surface area contributed by atoms with Gasteiger partial charge in [0.25, 0.3) is 0 Å². The lowest BCUT2D eigenvalue weighted by Gasteiger charge is -2.42. The van der Waals surface area contributed by atoms with Crippen LogP contribution >= 0.6 is 0 Å². The van der Waals surface area contributed by atoms with Crippen molar-refractivity contribution in [1.29, 1.82) is 0 Å². The Morgan fingerprint density at radius 3 is 2.41 bits per heavy atom. The summed E-state index contributed by atoms with van der Waals surface area (Å²) in [5.74, 6) is 0.295. The van der Waals surface area contributed by atoms with Gasteiger partial charge in [-0.3, -0.25) is 0 Å². The summed E-state index contributed by atoms with van der Waals surface area (Å²) in [6.07, 6.45) is 6.37. The highest BCUT2D eigenvalue weighted by Gasteiger charge is 2.61. The van der Waals surface area contributed by atoms with E-state index in [2.05, 4.69) is 95.0 Å². The Labute approximate surface area is 188 Å². The van der Waals surface area contributed by atoms with Gasteiger partial charge in [-0.2, -0.15) is 4.57 Å². The van der Waals surface area contributed by atoms with Gasteiger partial charge in [-0.05, 0) is 52.6 Å². The minimum Gasteiger partial charge on any atom is -0.340 e. The van der Waals surface area contributed by atoms with Crippen LogP contribution in [-0.2, 0) is 18.4 Å². The Morgan fingerprint density at radius 2 is 1.50 bits per heavy atom. The number of rotatable bonds is 1. The van der Waals surface area contributed by atoms with E-state index in [1.54, 1.807) is 0 Å². The standard InChI is InChI=1S/C30H23N2/c1-2-31-18-30-27-20(17-21-10-6-14-25(31)28(21)30)9-5-13-24(27)26-23-12-4-3-8-19(23)16-22-11-7-15-32(30)29(22)26/h2-15,26H,1,16-18H2/q+1. The molecule has 0 radical (unpaired) electrons. The lowest BCUT2D eigenvalue weighted by molar-refractivity contribution is -0.750. The molecule has 3 heterocycles. The summed E-state index contributed by atoms with van der Waals surface area (Å²) < 4.78 is 2.65. The van der Waals surface area contributed by atoms with Gasteiger partial charge >= 0.3 is 0 Å². The minimum atomic E-state index is -0.196. The molecule has 4 aromatic rings. The van der Waals surface area contributed by atoms with Crippen LogP contribution in [0, 0.1) is 0 Å². The number of fused-ring (bicyclic) bond motifs is 3. The maximum absolute atomic E-state index is 4.18. The first-order valence-corrected chi connectivity index (χ1v) is 11.6. The molecule has 0 saturated heterocycles. The fourth-order valence-electron chi connectivity index (χ4n) is 7.28. The highest BCUT2D eigenvalue weighted by molar-refractivity contribution is 5.74. The predicted molar refractivity (Wildman–Crippen MR) is 126 cm³/mol. The zero-order chi connectivity index (χ0) is 21.0. The van der Waals surface area contributed by atoms with Crippen LogP contribution in [0.15, 0.2) is 91.8 Å². The first-order chi connectivity index (χ1) is 15.8. The van der Waals surface area contributed by atoms with E-state index >= 15 is 0 Å². The average molecular weight is 412 g/mol. The Morgan fingerprint density at radius 1 is 0.781 bits per heavy atom. The number of pyridine rings is 1. The van der Waals surface area contributed by atoms with Crippen LogP contribution in [0.3, 0.4) is 0 Å². The lowest BCUT2D eigenvalue weighted by atomic mass is 9.64. The molecule has 0 bridgehead atoms. The van der Waals surface area contributed by atoms with Crippen LogP contribution in [-0.4, -0.2) is 6.54 Å². The normalized spacial score (nSPS) is 22.5. The molecule has 152 valence electrons. The monoisotopic (exact) mass is 411 g/mol. The minimum absolute atomic E-state index is 0.196. The van der Waals surface area contributed by atoms with Crippen molar-refractivity contribution >= 4 is 5.69 Å². The second kappa shape index (κ2) is 5.58. The highest BCUT2D eigenvalue weighted by atomic mass is 15.2. The lowest BCUT2D eigenvalue weighted by Crippen LogP contribution is -2.66. The van der Waals surface area contributed by atoms with Crippen LogP contribution in [0.1, 0.15) is 56.1 Å². The van der Waals surface area contributed by atoms with E-state index in [-0.39, 0.29) is 5.54 Å². The molecular formula is C30H23N2+. The van der Waals surface area contributed by atoms with Crippen LogP contribution < -0.4 is 9.47 Å². The van der Waals surface area contributed by atoms with Crippen molar-refractivity contribution in [1.82, 2.24) is 0 Å². The molecule has 2 unspecified atom stereocenters. The maximum Gasteiger partial charge on any atom is 0.239 e. The molecule has 0 saturated carbocycles. The number of aromatic nitrogens is 1. The van der Waals surface area contributed by atoms with E-state index in [1.807, 2.05) is 6.20 Å². The van der Waals surface area contributed by atoms with E-state index in [1.165, 1.54) is 55.9 Å². The average Bonchev–Trinajstić information content (AvgIpc) is 3.18. The van der Waals surface area contributed by atoms with Gasteiger partial charge in [-0.25, -0.2) is 0 Å². The third-order valence-corrected chi connectivity index (χ3v) is 8.31. The summed E-state index contributed by atoms with van der Waals surface area (Å²) in [6, 6.07) is 27.5. The third-order valence-electron chi connectivity index (χ3n) is 8.31. The van der Waals surface area contributed by atoms with Crippen molar-refractivity contribution in [3.05, 3.63) is 142 Å². The van der Waals surface area contributed by atoms with Gasteiger partial charge in [-0.1, -0.05) is 61.2 Å². The zero-order valence-corrected chi connectivity index (χ0v) is 17.9. The summed E-state index contributed by atoms with van der Waals surface area (Å²) >= 11 is 0. The van der Waals surface area contributed by atoms with Crippen LogP contribution in [0.2, 0.25) is 0 Å². The number of hydrogen-bond donors (Lipinski definition) is 0. The fourth-order valence-corrected chi connectivity index (χ4v) is 7.28. The maximum atomic E-state index is 4.18. The smallest absolute Gasteiger partial charge is 0.239 e.